The van der Waals surface area contributed by atoms with Crippen molar-refractivity contribution < 1.29 is 22.9 Å². The van der Waals surface area contributed by atoms with E-state index in [-0.39, 0.29) is 21.5 Å². The minimum absolute atomic E-state index is 0.120. The van der Waals surface area contributed by atoms with E-state index >= 15 is 0 Å². The van der Waals surface area contributed by atoms with Gasteiger partial charge in [-0.3, -0.25) is 10.1 Å². The fourth-order valence-electron chi connectivity index (χ4n) is 3.12. The number of nitrogens with one attached hydrogen (secondary N) is 1. The first-order valence-corrected chi connectivity index (χ1v) is 10.9. The zero-order valence-electron chi connectivity index (χ0n) is 15.0. The molecule has 1 aromatic carbocycles. The molecule has 0 unspecified atom stereocenters. The fourth-order valence-corrected chi connectivity index (χ4v) is 5.43. The molecule has 2 heterocycles. The summed E-state index contributed by atoms with van der Waals surface area (Å²) < 4.78 is 32.5. The van der Waals surface area contributed by atoms with Gasteiger partial charge in [-0.05, 0) is 30.4 Å². The van der Waals surface area contributed by atoms with Crippen LogP contribution in [-0.2, 0) is 14.8 Å². The van der Waals surface area contributed by atoms with E-state index in [1.165, 1.54) is 25.3 Å². The van der Waals surface area contributed by atoms with Crippen molar-refractivity contribution in [3.63, 3.8) is 0 Å². The van der Waals surface area contributed by atoms with E-state index in [1.54, 1.807) is 17.5 Å². The second kappa shape index (κ2) is 8.25. The van der Waals surface area contributed by atoms with Crippen molar-refractivity contribution in [2.45, 2.75) is 23.1 Å². The van der Waals surface area contributed by atoms with Crippen LogP contribution in [0.1, 0.15) is 23.2 Å². The lowest BCUT2D eigenvalue weighted by molar-refractivity contribution is -0.384. The third kappa shape index (κ3) is 4.32. The molecule has 1 saturated heterocycles. The molecular weight excluding hydrogens is 406 g/mol. The maximum Gasteiger partial charge on any atom is 0.340 e. The van der Waals surface area contributed by atoms with Crippen LogP contribution in [0.5, 0.6) is 0 Å². The number of anilines is 1. The molecule has 0 amide bonds. The maximum atomic E-state index is 12.4. The van der Waals surface area contributed by atoms with E-state index in [2.05, 4.69) is 4.72 Å². The molecule has 150 valence electrons. The van der Waals surface area contributed by atoms with Gasteiger partial charge in [-0.25, -0.2) is 17.9 Å². The van der Waals surface area contributed by atoms with Crippen molar-refractivity contribution in [2.24, 2.45) is 0 Å². The largest absolute Gasteiger partial charge is 0.465 e. The molecule has 1 aliphatic heterocycles. The van der Waals surface area contributed by atoms with Gasteiger partial charge < -0.3 is 9.64 Å². The summed E-state index contributed by atoms with van der Waals surface area (Å²) in [6, 6.07) is 7.09. The summed E-state index contributed by atoms with van der Waals surface area (Å²) in [7, 11) is -2.32. The number of nitro benzene ring substituents is 1. The van der Waals surface area contributed by atoms with Crippen LogP contribution >= 0.6 is 11.3 Å². The summed E-state index contributed by atoms with van der Waals surface area (Å²) in [5.41, 5.74) is 0.467. The Kier molecular flexibility index (Phi) is 5.96. The van der Waals surface area contributed by atoms with E-state index in [0.717, 1.165) is 11.3 Å². The van der Waals surface area contributed by atoms with Crippen molar-refractivity contribution in [2.75, 3.05) is 25.1 Å². The maximum absolute atomic E-state index is 12.4. The van der Waals surface area contributed by atoms with E-state index in [4.69, 9.17) is 4.74 Å². The number of nitro groups is 1. The number of hydrogen-bond acceptors (Lipinski definition) is 8. The molecule has 0 atom stereocenters. The molecule has 9 nitrogen and oxygen atoms in total. The molecule has 1 fully saturated rings. The third-order valence-electron chi connectivity index (χ3n) is 4.51. The first-order chi connectivity index (χ1) is 13.3. The Morgan fingerprint density at radius 2 is 2.04 bits per heavy atom. The van der Waals surface area contributed by atoms with Crippen LogP contribution in [0.3, 0.4) is 0 Å². The minimum atomic E-state index is -3.54. The summed E-state index contributed by atoms with van der Waals surface area (Å²) in [4.78, 5) is 24.4. The molecule has 2 aromatic rings. The van der Waals surface area contributed by atoms with Crippen LogP contribution in [-0.4, -0.2) is 45.6 Å². The number of methoxy groups -OCH3 is 1. The highest BCUT2D eigenvalue weighted by Gasteiger charge is 2.28. The Balaban J connectivity index is 1.73. The molecule has 0 aliphatic carbocycles. The fraction of sp³-hybridized carbons (Fsp3) is 0.353. The SMILES string of the molecule is COC(=O)c1cc([N+](=O)[O-])ccc1N1CCC(NS(=O)(=O)c2cccs2)CC1. The Labute approximate surface area is 166 Å². The Morgan fingerprint density at radius 3 is 2.61 bits per heavy atom. The Hall–Kier alpha value is -2.50. The number of sulfonamides is 1. The van der Waals surface area contributed by atoms with Crippen LogP contribution in [0.2, 0.25) is 0 Å². The number of thiophene rings is 1. The molecular formula is C17H19N3O6S2. The highest BCUT2D eigenvalue weighted by Crippen LogP contribution is 2.29. The van der Waals surface area contributed by atoms with Gasteiger partial charge in [0.1, 0.15) is 4.21 Å². The normalized spacial score (nSPS) is 15.4. The molecule has 3 rings (SSSR count). The smallest absolute Gasteiger partial charge is 0.340 e. The van der Waals surface area contributed by atoms with E-state index in [0.29, 0.717) is 31.6 Å². The summed E-state index contributed by atoms with van der Waals surface area (Å²) in [5.74, 6) is -0.653. The van der Waals surface area contributed by atoms with Crippen LogP contribution in [0.25, 0.3) is 0 Å². The molecule has 11 heteroatoms. The van der Waals surface area contributed by atoms with Gasteiger partial charge in [0.25, 0.3) is 5.69 Å². The predicted molar refractivity (Wildman–Crippen MR) is 104 cm³/mol. The number of hydrogen-bond donors (Lipinski definition) is 1. The number of benzene rings is 1. The van der Waals surface area contributed by atoms with Crippen molar-refractivity contribution in [1.29, 1.82) is 0 Å². The second-order valence-electron chi connectivity index (χ2n) is 6.26. The minimum Gasteiger partial charge on any atom is -0.465 e. The predicted octanol–water partition coefficient (Wildman–Crippen LogP) is 2.39. The molecule has 1 aliphatic rings. The number of non-ortho nitro benzene ring substituents is 1. The van der Waals surface area contributed by atoms with E-state index in [9.17, 15) is 23.3 Å². The lowest BCUT2D eigenvalue weighted by Gasteiger charge is -2.34. The number of esters is 1. The number of carbonyl (C=O) groups excluding carboxylic acids is 1. The van der Waals surface area contributed by atoms with Crippen LogP contribution in [0.15, 0.2) is 39.9 Å². The van der Waals surface area contributed by atoms with Gasteiger partial charge in [0.2, 0.25) is 10.0 Å². The number of carbonyl (C=O) groups is 1. The molecule has 0 radical (unpaired) electrons. The first-order valence-electron chi connectivity index (χ1n) is 8.49. The molecule has 0 spiro atoms. The quantitative estimate of drug-likeness (QED) is 0.429. The van der Waals surface area contributed by atoms with Crippen molar-refractivity contribution in [1.82, 2.24) is 4.72 Å². The van der Waals surface area contributed by atoms with Gasteiger partial charge in [-0.15, -0.1) is 11.3 Å². The van der Waals surface area contributed by atoms with Gasteiger partial charge in [0, 0.05) is 31.3 Å². The molecule has 0 saturated carbocycles. The third-order valence-corrected chi connectivity index (χ3v) is 7.43. The highest BCUT2D eigenvalue weighted by atomic mass is 32.2. The monoisotopic (exact) mass is 425 g/mol. The first kappa shape index (κ1) is 20.2. The van der Waals surface area contributed by atoms with Crippen molar-refractivity contribution in [3.05, 3.63) is 51.4 Å². The Morgan fingerprint density at radius 1 is 1.32 bits per heavy atom. The highest BCUT2D eigenvalue weighted by molar-refractivity contribution is 7.91. The van der Waals surface area contributed by atoms with Gasteiger partial charge in [-0.1, -0.05) is 6.07 Å². The topological polar surface area (TPSA) is 119 Å². The number of rotatable bonds is 6. The van der Waals surface area contributed by atoms with Crippen LogP contribution in [0, 0.1) is 10.1 Å². The van der Waals surface area contributed by atoms with Crippen molar-refractivity contribution in [3.8, 4) is 0 Å². The number of ether oxygens (including phenoxy) is 1. The molecule has 0 bridgehead atoms. The Bertz CT molecular complexity index is 967. The van der Waals surface area contributed by atoms with Crippen LogP contribution in [0.4, 0.5) is 11.4 Å². The summed E-state index contributed by atoms with van der Waals surface area (Å²) in [6.45, 7) is 0.999. The number of nitrogens with zero attached hydrogens (tertiary/aromatic N) is 2. The second-order valence-corrected chi connectivity index (χ2v) is 9.15. The average Bonchev–Trinajstić information content (AvgIpc) is 3.23. The van der Waals surface area contributed by atoms with Gasteiger partial charge in [-0.2, -0.15) is 0 Å². The lowest BCUT2D eigenvalue weighted by Crippen LogP contribution is -2.44. The molecule has 1 aromatic heterocycles. The van der Waals surface area contributed by atoms with Crippen molar-refractivity contribution >= 4 is 38.7 Å². The summed E-state index contributed by atoms with van der Waals surface area (Å²) in [5, 5.41) is 12.7. The average molecular weight is 425 g/mol. The van der Waals surface area contributed by atoms with E-state index in [1.807, 2.05) is 4.90 Å². The number of piperidine rings is 1. The zero-order valence-corrected chi connectivity index (χ0v) is 16.7. The van der Waals surface area contributed by atoms with Gasteiger partial charge >= 0.3 is 5.97 Å². The zero-order chi connectivity index (χ0) is 20.3. The lowest BCUT2D eigenvalue weighted by atomic mass is 10.0. The van der Waals surface area contributed by atoms with Gasteiger partial charge in [0.15, 0.2) is 0 Å². The molecule has 28 heavy (non-hydrogen) atoms. The summed E-state index contributed by atoms with van der Waals surface area (Å²) >= 11 is 1.16. The van der Waals surface area contributed by atoms with Gasteiger partial charge in [0.05, 0.1) is 23.3 Å². The van der Waals surface area contributed by atoms with E-state index < -0.39 is 20.9 Å². The summed E-state index contributed by atoms with van der Waals surface area (Å²) in [6.07, 6.45) is 1.09. The molecule has 1 N–H and O–H groups in total. The van der Waals surface area contributed by atoms with Crippen LogP contribution < -0.4 is 9.62 Å². The standard InChI is InChI=1S/C17H19N3O6S2/c1-26-17(21)14-11-13(20(22)23)4-5-15(14)19-8-6-12(7-9-19)18-28(24,25)16-3-2-10-27-16/h2-5,10-12,18H,6-9H2,1H3.